The molecule has 5 heteroatoms. The summed E-state index contributed by atoms with van der Waals surface area (Å²) in [5.41, 5.74) is 1.82. The summed E-state index contributed by atoms with van der Waals surface area (Å²) in [6.07, 6.45) is 0.805. The first-order chi connectivity index (χ1) is 10.7. The van der Waals surface area contributed by atoms with Crippen molar-refractivity contribution in [2.24, 2.45) is 5.92 Å². The third-order valence-electron chi connectivity index (χ3n) is 3.78. The molecule has 1 aliphatic heterocycles. The molecule has 0 spiro atoms. The van der Waals surface area contributed by atoms with E-state index in [1.807, 2.05) is 37.3 Å². The van der Waals surface area contributed by atoms with Gasteiger partial charge in [-0.2, -0.15) is 0 Å². The van der Waals surface area contributed by atoms with Crippen LogP contribution in [0.4, 0.5) is 0 Å². The maximum absolute atomic E-state index is 11.9. The number of benzene rings is 1. The molecule has 0 radical (unpaired) electrons. The second kappa shape index (κ2) is 6.75. The van der Waals surface area contributed by atoms with E-state index in [1.54, 1.807) is 0 Å². The average molecular weight is 300 g/mol. The molecule has 22 heavy (non-hydrogen) atoms. The first-order valence-corrected chi connectivity index (χ1v) is 7.58. The van der Waals surface area contributed by atoms with Crippen LogP contribution in [0.15, 0.2) is 30.3 Å². The van der Waals surface area contributed by atoms with Gasteiger partial charge < -0.3 is 14.8 Å². The Kier molecular flexibility index (Phi) is 4.53. The van der Waals surface area contributed by atoms with Crippen molar-refractivity contribution in [2.75, 3.05) is 26.4 Å². The van der Waals surface area contributed by atoms with Gasteiger partial charge in [0.1, 0.15) is 17.9 Å². The Morgan fingerprint density at radius 2 is 2.32 bits per heavy atom. The van der Waals surface area contributed by atoms with Gasteiger partial charge >= 0.3 is 0 Å². The largest absolute Gasteiger partial charge is 0.489 e. The molecular formula is C17H20N2O3. The summed E-state index contributed by atoms with van der Waals surface area (Å²) in [4.78, 5) is 16.4. The summed E-state index contributed by atoms with van der Waals surface area (Å²) in [7, 11) is 0. The van der Waals surface area contributed by atoms with Crippen LogP contribution in [-0.4, -0.2) is 37.3 Å². The smallest absolute Gasteiger partial charge is 0.225 e. The van der Waals surface area contributed by atoms with Gasteiger partial charge in [-0.05, 0) is 25.5 Å². The fraction of sp³-hybridized carbons (Fsp3) is 0.412. The van der Waals surface area contributed by atoms with Gasteiger partial charge in [0.05, 0.1) is 19.1 Å². The highest BCUT2D eigenvalue weighted by atomic mass is 16.5. The lowest BCUT2D eigenvalue weighted by Crippen LogP contribution is -2.33. The zero-order valence-electron chi connectivity index (χ0n) is 12.7. The van der Waals surface area contributed by atoms with E-state index >= 15 is 0 Å². The molecule has 1 saturated heterocycles. The van der Waals surface area contributed by atoms with Crippen LogP contribution < -0.4 is 10.1 Å². The maximum atomic E-state index is 11.9. The number of ether oxygens (including phenoxy) is 2. The second-order valence-corrected chi connectivity index (χ2v) is 5.48. The number of nitrogens with zero attached hydrogens (tertiary/aromatic N) is 1. The molecule has 116 valence electrons. The van der Waals surface area contributed by atoms with E-state index < -0.39 is 0 Å². The van der Waals surface area contributed by atoms with E-state index in [9.17, 15) is 4.79 Å². The van der Waals surface area contributed by atoms with Crippen molar-refractivity contribution in [1.82, 2.24) is 10.3 Å². The van der Waals surface area contributed by atoms with Crippen molar-refractivity contribution >= 4 is 16.8 Å². The number of aromatic nitrogens is 1. The van der Waals surface area contributed by atoms with Crippen molar-refractivity contribution in [3.8, 4) is 5.75 Å². The molecule has 0 saturated carbocycles. The number of hydrogen-bond donors (Lipinski definition) is 1. The van der Waals surface area contributed by atoms with Crippen LogP contribution in [0.2, 0.25) is 0 Å². The summed E-state index contributed by atoms with van der Waals surface area (Å²) in [5, 5.41) is 3.94. The molecule has 1 fully saturated rings. The molecule has 1 aromatic carbocycles. The number of aryl methyl sites for hydroxylation is 1. The highest BCUT2D eigenvalue weighted by molar-refractivity contribution is 5.84. The van der Waals surface area contributed by atoms with Crippen LogP contribution in [-0.2, 0) is 9.53 Å². The highest BCUT2D eigenvalue weighted by Gasteiger charge is 2.22. The Labute approximate surface area is 129 Å². The van der Waals surface area contributed by atoms with E-state index in [0.717, 1.165) is 28.8 Å². The minimum absolute atomic E-state index is 0.0122. The van der Waals surface area contributed by atoms with Crippen molar-refractivity contribution in [3.05, 3.63) is 36.0 Å². The van der Waals surface area contributed by atoms with Crippen LogP contribution in [0.1, 0.15) is 12.1 Å². The Balaban J connectivity index is 1.55. The number of pyridine rings is 1. The zero-order chi connectivity index (χ0) is 15.4. The van der Waals surface area contributed by atoms with Crippen molar-refractivity contribution in [1.29, 1.82) is 0 Å². The number of para-hydroxylation sites is 1. The van der Waals surface area contributed by atoms with Gasteiger partial charge in [0.2, 0.25) is 5.91 Å². The fourth-order valence-electron chi connectivity index (χ4n) is 2.55. The van der Waals surface area contributed by atoms with Crippen molar-refractivity contribution < 1.29 is 14.3 Å². The number of amides is 1. The summed E-state index contributed by atoms with van der Waals surface area (Å²) < 4.78 is 11.0. The minimum atomic E-state index is -0.0122. The molecule has 1 amide bonds. The van der Waals surface area contributed by atoms with Crippen LogP contribution >= 0.6 is 0 Å². The van der Waals surface area contributed by atoms with Crippen LogP contribution in [0.5, 0.6) is 5.75 Å². The minimum Gasteiger partial charge on any atom is -0.489 e. The summed E-state index contributed by atoms with van der Waals surface area (Å²) in [6, 6.07) is 9.88. The van der Waals surface area contributed by atoms with Gasteiger partial charge in [-0.1, -0.05) is 18.2 Å². The number of nitrogens with one attached hydrogen (secondary N) is 1. The first-order valence-electron chi connectivity index (χ1n) is 7.58. The molecule has 3 rings (SSSR count). The molecule has 1 atom stereocenters. The van der Waals surface area contributed by atoms with Gasteiger partial charge in [-0.25, -0.2) is 4.98 Å². The number of carbonyl (C=O) groups is 1. The fourth-order valence-corrected chi connectivity index (χ4v) is 2.55. The summed E-state index contributed by atoms with van der Waals surface area (Å²) >= 11 is 0. The summed E-state index contributed by atoms with van der Waals surface area (Å²) in [5.74, 6) is 0.787. The van der Waals surface area contributed by atoms with Crippen LogP contribution in [0.3, 0.4) is 0 Å². The van der Waals surface area contributed by atoms with E-state index in [4.69, 9.17) is 9.47 Å². The molecule has 0 bridgehead atoms. The predicted molar refractivity (Wildman–Crippen MR) is 83.9 cm³/mol. The Morgan fingerprint density at radius 3 is 3.14 bits per heavy atom. The first kappa shape index (κ1) is 14.8. The SMILES string of the molecule is Cc1ccc2cccc(OCCNC(=O)C3CCOC3)c2n1. The Morgan fingerprint density at radius 1 is 1.41 bits per heavy atom. The lowest BCUT2D eigenvalue weighted by atomic mass is 10.1. The number of carbonyl (C=O) groups excluding carboxylic acids is 1. The highest BCUT2D eigenvalue weighted by Crippen LogP contribution is 2.23. The molecular weight excluding hydrogens is 280 g/mol. The van der Waals surface area contributed by atoms with Gasteiger partial charge in [-0.3, -0.25) is 4.79 Å². The molecule has 0 aliphatic carbocycles. The quantitative estimate of drug-likeness (QED) is 0.859. The van der Waals surface area contributed by atoms with Crippen LogP contribution in [0, 0.1) is 12.8 Å². The predicted octanol–water partition coefficient (Wildman–Crippen LogP) is 2.07. The topological polar surface area (TPSA) is 60.5 Å². The Hall–Kier alpha value is -2.14. The van der Waals surface area contributed by atoms with Crippen LogP contribution in [0.25, 0.3) is 10.9 Å². The van der Waals surface area contributed by atoms with Crippen molar-refractivity contribution in [2.45, 2.75) is 13.3 Å². The third kappa shape index (κ3) is 3.36. The second-order valence-electron chi connectivity index (χ2n) is 5.48. The van der Waals surface area contributed by atoms with Crippen molar-refractivity contribution in [3.63, 3.8) is 0 Å². The standard InChI is InChI=1S/C17H20N2O3/c1-12-5-6-13-3-2-4-15(16(13)19-12)22-10-8-18-17(20)14-7-9-21-11-14/h2-6,14H,7-11H2,1H3,(H,18,20). The zero-order valence-corrected chi connectivity index (χ0v) is 12.7. The lowest BCUT2D eigenvalue weighted by molar-refractivity contribution is -0.125. The van der Waals surface area contributed by atoms with Gasteiger partial charge in [-0.15, -0.1) is 0 Å². The molecule has 1 unspecified atom stereocenters. The van der Waals surface area contributed by atoms with E-state index in [-0.39, 0.29) is 11.8 Å². The third-order valence-corrected chi connectivity index (χ3v) is 3.78. The molecule has 5 nitrogen and oxygen atoms in total. The lowest BCUT2D eigenvalue weighted by Gasteiger charge is -2.11. The van der Waals surface area contributed by atoms with E-state index in [1.165, 1.54) is 0 Å². The molecule has 2 aromatic rings. The number of rotatable bonds is 5. The molecule has 1 aliphatic rings. The number of hydrogen-bond acceptors (Lipinski definition) is 4. The van der Waals surface area contributed by atoms with Gasteiger partial charge in [0.25, 0.3) is 0 Å². The molecule has 1 N–H and O–H groups in total. The normalized spacial score (nSPS) is 17.6. The number of fused-ring (bicyclic) bond motifs is 1. The van der Waals surface area contributed by atoms with E-state index in [2.05, 4.69) is 10.3 Å². The maximum Gasteiger partial charge on any atom is 0.225 e. The summed E-state index contributed by atoms with van der Waals surface area (Å²) in [6.45, 7) is 4.07. The monoisotopic (exact) mass is 300 g/mol. The van der Waals surface area contributed by atoms with Gasteiger partial charge in [0, 0.05) is 17.7 Å². The average Bonchev–Trinajstić information content (AvgIpc) is 3.06. The molecule has 1 aromatic heterocycles. The van der Waals surface area contributed by atoms with E-state index in [0.29, 0.717) is 26.4 Å². The molecule has 2 heterocycles. The Bertz CT molecular complexity index is 666. The van der Waals surface area contributed by atoms with Gasteiger partial charge in [0.15, 0.2) is 0 Å².